The first-order chi connectivity index (χ1) is 22.2. The van der Waals surface area contributed by atoms with Gasteiger partial charge in [-0.3, -0.25) is 9.98 Å². The number of amidine groups is 1. The Morgan fingerprint density at radius 1 is 1.20 bits per heavy atom. The lowest BCUT2D eigenvalue weighted by atomic mass is 9.87. The fourth-order valence-corrected chi connectivity index (χ4v) is 8.02. The summed E-state index contributed by atoms with van der Waals surface area (Å²) in [4.78, 5) is 26.9. The number of halogens is 4. The molecule has 2 saturated heterocycles. The van der Waals surface area contributed by atoms with Gasteiger partial charge in [-0.05, 0) is 55.7 Å². The Morgan fingerprint density at radius 3 is 2.70 bits per heavy atom. The number of piperidine rings is 1. The second kappa shape index (κ2) is 12.6. The van der Waals surface area contributed by atoms with Gasteiger partial charge >= 0.3 is 12.6 Å². The quantitative estimate of drug-likeness (QED) is 0.375. The molecule has 46 heavy (non-hydrogen) atoms. The monoisotopic (exact) mass is 671 g/mol. The maximum Gasteiger partial charge on any atom is 0.333 e. The summed E-state index contributed by atoms with van der Waals surface area (Å²) < 4.78 is 42.0. The second-order valence-corrected chi connectivity index (χ2v) is 13.6. The number of alkyl halides is 2. The molecule has 0 saturated carbocycles. The van der Waals surface area contributed by atoms with Crippen LogP contribution in [0.1, 0.15) is 62.4 Å². The summed E-state index contributed by atoms with van der Waals surface area (Å²) in [5.74, 6) is 0.290. The molecular weight excluding hydrogens is 639 g/mol. The van der Waals surface area contributed by atoms with E-state index in [4.69, 9.17) is 16.6 Å². The lowest BCUT2D eigenvalue weighted by Gasteiger charge is -2.39. The number of aliphatic imine (C=N–C) groups is 2. The molecule has 242 valence electrons. The fraction of sp³-hybridized carbons (Fsp3) is 0.438. The Labute approximate surface area is 273 Å². The van der Waals surface area contributed by atoms with Gasteiger partial charge < -0.3 is 20.2 Å². The van der Waals surface area contributed by atoms with Crippen molar-refractivity contribution in [1.82, 2.24) is 24.9 Å². The van der Waals surface area contributed by atoms with Crippen LogP contribution in [0.5, 0.6) is 0 Å². The van der Waals surface area contributed by atoms with Crippen LogP contribution < -0.4 is 5.32 Å². The highest BCUT2D eigenvalue weighted by Crippen LogP contribution is 2.47. The molecule has 7 rings (SSSR count). The van der Waals surface area contributed by atoms with E-state index < -0.39 is 24.0 Å². The highest BCUT2D eigenvalue weighted by atomic mass is 35.5. The molecule has 3 atom stereocenters. The van der Waals surface area contributed by atoms with Crippen molar-refractivity contribution < 1.29 is 23.1 Å². The van der Waals surface area contributed by atoms with Crippen molar-refractivity contribution >= 4 is 47.0 Å². The number of urea groups is 1. The van der Waals surface area contributed by atoms with Gasteiger partial charge in [0, 0.05) is 60.3 Å². The number of amides is 2. The number of nitrogens with one attached hydrogen (secondary N) is 1. The summed E-state index contributed by atoms with van der Waals surface area (Å²) in [6.07, 6.45) is 10.7. The zero-order valence-electron chi connectivity index (χ0n) is 24.8. The van der Waals surface area contributed by atoms with Crippen LogP contribution in [-0.4, -0.2) is 79.3 Å². The summed E-state index contributed by atoms with van der Waals surface area (Å²) in [6, 6.07) is 4.36. The summed E-state index contributed by atoms with van der Waals surface area (Å²) in [5, 5.41) is 20.8. The number of thioether (sulfide) groups is 1. The fourth-order valence-electron chi connectivity index (χ4n) is 6.80. The third-order valence-electron chi connectivity index (χ3n) is 9.16. The van der Waals surface area contributed by atoms with Gasteiger partial charge in [-0.25, -0.2) is 13.9 Å². The van der Waals surface area contributed by atoms with Crippen LogP contribution in [-0.2, 0) is 0 Å². The van der Waals surface area contributed by atoms with Gasteiger partial charge in [0.25, 0.3) is 0 Å². The molecule has 2 fully saturated rings. The van der Waals surface area contributed by atoms with Crippen LogP contribution >= 0.6 is 23.4 Å². The van der Waals surface area contributed by atoms with Crippen LogP contribution in [0.3, 0.4) is 0 Å². The molecule has 0 aliphatic carbocycles. The molecule has 2 N–H and O–H groups in total. The maximum absolute atomic E-state index is 14.1. The molecule has 9 nitrogen and oxygen atoms in total. The predicted octanol–water partition coefficient (Wildman–Crippen LogP) is 6.31. The average molecular weight is 672 g/mol. The van der Waals surface area contributed by atoms with Crippen LogP contribution in [0, 0.1) is 5.82 Å². The third kappa shape index (κ3) is 5.88. The Balaban J connectivity index is 1.18. The van der Waals surface area contributed by atoms with Crippen LogP contribution in [0.2, 0.25) is 5.02 Å². The van der Waals surface area contributed by atoms with Crippen molar-refractivity contribution in [1.29, 1.82) is 0 Å². The van der Waals surface area contributed by atoms with E-state index in [9.17, 15) is 23.1 Å². The maximum atomic E-state index is 14.1. The standard InChI is InChI=1S/C32H33ClF3N7O2S/c33-22-16-19(34)6-7-21(22)28-27(23-8-12-43(40-23)30(35)36)24-17-20(18-42(24)29(39-28)25-4-3-15-46-25)38-31(44)41-13-9-32(45,10-14-41)26-5-1-2-11-37-26/h3,5-8,11-12,15-16,20,25,28,30,45H,1-2,4,9-10,13-14,17-18H2,(H,38,44)/t20-,25?,28?/m0/s1. The molecule has 2 unspecified atom stereocenters. The first-order valence-corrected chi connectivity index (χ1v) is 16.7. The van der Waals surface area contributed by atoms with E-state index in [2.05, 4.69) is 26.4 Å². The number of carbonyl (C=O) groups excluding carboxylic acids is 1. The zero-order chi connectivity index (χ0) is 32.0. The number of rotatable bonds is 6. The van der Waals surface area contributed by atoms with Crippen LogP contribution in [0.4, 0.5) is 18.0 Å². The van der Waals surface area contributed by atoms with Crippen LogP contribution in [0.15, 0.2) is 69.4 Å². The van der Waals surface area contributed by atoms with Gasteiger partial charge in [0.15, 0.2) is 0 Å². The van der Waals surface area contributed by atoms with Crippen LogP contribution in [0.25, 0.3) is 5.57 Å². The van der Waals surface area contributed by atoms with Crippen molar-refractivity contribution in [2.24, 2.45) is 9.98 Å². The number of hydrogen-bond acceptors (Lipinski definition) is 7. The van der Waals surface area contributed by atoms with Crippen molar-refractivity contribution in [3.63, 3.8) is 0 Å². The number of likely N-dealkylation sites (tertiary alicyclic amines) is 1. The third-order valence-corrected chi connectivity index (χ3v) is 10.6. The summed E-state index contributed by atoms with van der Waals surface area (Å²) in [7, 11) is 0. The minimum atomic E-state index is -2.83. The van der Waals surface area contributed by atoms with Crippen molar-refractivity contribution in [3.8, 4) is 0 Å². The molecule has 2 aromatic rings. The number of fused-ring (bicyclic) bond motifs is 1. The first-order valence-electron chi connectivity index (χ1n) is 15.4. The van der Waals surface area contributed by atoms with E-state index in [1.165, 1.54) is 24.4 Å². The summed E-state index contributed by atoms with van der Waals surface area (Å²) in [6.45, 7) is -1.63. The lowest BCUT2D eigenvalue weighted by Crippen LogP contribution is -2.52. The highest BCUT2D eigenvalue weighted by Gasteiger charge is 2.43. The summed E-state index contributed by atoms with van der Waals surface area (Å²) in [5.41, 5.74) is 1.89. The molecule has 0 bridgehead atoms. The normalized spacial score (nSPS) is 25.7. The molecule has 5 aliphatic rings. The van der Waals surface area contributed by atoms with Crippen molar-refractivity contribution in [2.45, 2.75) is 68.0 Å². The van der Waals surface area contributed by atoms with Gasteiger partial charge in [-0.2, -0.15) is 13.9 Å². The molecule has 6 heterocycles. The minimum absolute atomic E-state index is 0.00266. The topological polar surface area (TPSA) is 98.4 Å². The Kier molecular flexibility index (Phi) is 8.49. The number of nitrogens with zero attached hydrogens (tertiary/aromatic N) is 6. The number of carbonyl (C=O) groups is 1. The average Bonchev–Trinajstić information content (AvgIpc) is 3.83. The molecule has 2 amide bonds. The molecule has 1 aromatic heterocycles. The number of aromatic nitrogens is 2. The van der Waals surface area contributed by atoms with E-state index in [1.54, 1.807) is 22.7 Å². The van der Waals surface area contributed by atoms with E-state index in [1.807, 2.05) is 17.7 Å². The van der Waals surface area contributed by atoms with Gasteiger partial charge in [0.1, 0.15) is 23.3 Å². The molecule has 14 heteroatoms. The van der Waals surface area contributed by atoms with Crippen molar-refractivity contribution in [3.05, 3.63) is 81.5 Å². The lowest BCUT2D eigenvalue weighted by molar-refractivity contribution is 0.0179. The molecule has 1 aromatic carbocycles. The van der Waals surface area contributed by atoms with Gasteiger partial charge in [-0.15, -0.1) is 11.8 Å². The SMILES string of the molecule is O=C(N[C@H]1CC2=C(c3ccn(C(F)F)n3)C(c3ccc(F)cc3Cl)N=C(C3CC=CS3)N2C1)N1CCC(O)(C2=CCCC=N2)CC1. The second-order valence-electron chi connectivity index (χ2n) is 12.1. The number of benzene rings is 1. The molecule has 0 radical (unpaired) electrons. The van der Waals surface area contributed by atoms with Crippen molar-refractivity contribution in [2.75, 3.05) is 19.6 Å². The Hall–Kier alpha value is -3.55. The van der Waals surface area contributed by atoms with E-state index >= 15 is 0 Å². The Morgan fingerprint density at radius 2 is 2.02 bits per heavy atom. The minimum Gasteiger partial charge on any atom is -0.383 e. The van der Waals surface area contributed by atoms with Gasteiger partial charge in [-0.1, -0.05) is 29.8 Å². The molecule has 0 spiro atoms. The largest absolute Gasteiger partial charge is 0.383 e. The van der Waals surface area contributed by atoms with E-state index in [0.29, 0.717) is 66.1 Å². The first kappa shape index (κ1) is 31.1. The molecule has 5 aliphatic heterocycles. The number of allylic oxidation sites excluding steroid dienone is 2. The zero-order valence-corrected chi connectivity index (χ0v) is 26.4. The highest BCUT2D eigenvalue weighted by molar-refractivity contribution is 8.03. The number of hydrogen-bond donors (Lipinski definition) is 2. The van der Waals surface area contributed by atoms with E-state index in [0.717, 1.165) is 30.8 Å². The van der Waals surface area contributed by atoms with Gasteiger partial charge in [0.05, 0.1) is 22.7 Å². The molecular formula is C32H33ClF3N7O2S. The van der Waals surface area contributed by atoms with E-state index in [-0.39, 0.29) is 22.3 Å². The Bertz CT molecular complexity index is 1670. The predicted molar refractivity (Wildman–Crippen MR) is 172 cm³/mol. The van der Waals surface area contributed by atoms with Gasteiger partial charge in [0.2, 0.25) is 0 Å². The number of aliphatic hydroxyl groups is 1. The summed E-state index contributed by atoms with van der Waals surface area (Å²) >= 11 is 8.21. The smallest absolute Gasteiger partial charge is 0.333 e.